The summed E-state index contributed by atoms with van der Waals surface area (Å²) in [6, 6.07) is 3.62. The highest BCUT2D eigenvalue weighted by Crippen LogP contribution is 2.34. The fraction of sp³-hybridized carbons (Fsp3) is 0.429. The third kappa shape index (κ3) is 4.89. The monoisotopic (exact) mass is 442 g/mol. The maximum Gasteiger partial charge on any atom is 0.372 e. The Hall–Kier alpha value is -3.44. The van der Waals surface area contributed by atoms with Crippen LogP contribution in [-0.2, 0) is 11.8 Å². The largest absolute Gasteiger partial charge is 0.493 e. The molecule has 1 aliphatic rings. The van der Waals surface area contributed by atoms with Crippen LogP contribution in [0.15, 0.2) is 24.7 Å². The lowest BCUT2D eigenvalue weighted by Crippen LogP contribution is -2.37. The number of anilines is 2. The van der Waals surface area contributed by atoms with Crippen molar-refractivity contribution in [2.24, 2.45) is 7.05 Å². The normalized spacial score (nSPS) is 14.4. The number of benzene rings is 1. The van der Waals surface area contributed by atoms with Crippen molar-refractivity contribution in [1.82, 2.24) is 24.4 Å². The van der Waals surface area contributed by atoms with E-state index in [0.29, 0.717) is 40.6 Å². The first-order valence-electron chi connectivity index (χ1n) is 10.3. The van der Waals surface area contributed by atoms with E-state index in [0.717, 1.165) is 39.3 Å². The fourth-order valence-electron chi connectivity index (χ4n) is 3.58. The number of hydrogen-bond acceptors (Lipinski definition) is 9. The van der Waals surface area contributed by atoms with Crippen LogP contribution < -0.4 is 14.8 Å². The molecule has 0 unspecified atom stereocenters. The van der Waals surface area contributed by atoms with E-state index >= 15 is 0 Å². The van der Waals surface area contributed by atoms with Gasteiger partial charge in [-0.05, 0) is 12.5 Å². The van der Waals surface area contributed by atoms with Gasteiger partial charge in [0.2, 0.25) is 5.82 Å². The maximum absolute atomic E-state index is 11.2. The van der Waals surface area contributed by atoms with E-state index < -0.39 is 5.97 Å². The Kier molecular flexibility index (Phi) is 6.66. The van der Waals surface area contributed by atoms with E-state index in [4.69, 9.17) is 14.2 Å². The standard InChI is InChI=1S/C21H26N6O5/c1-26-12-18(25-20(26)21(28)29)24-19-14-10-16(30-2)17(11-15(14)22-13-23-19)32-7-3-4-27-5-8-31-9-6-27/h10-13H,3-9H2,1-2H3,(H,28,29)(H,22,23,24). The van der Waals surface area contributed by atoms with Crippen molar-refractivity contribution in [1.29, 1.82) is 0 Å². The molecule has 32 heavy (non-hydrogen) atoms. The molecule has 1 aromatic carbocycles. The maximum atomic E-state index is 11.2. The van der Waals surface area contributed by atoms with Gasteiger partial charge >= 0.3 is 5.97 Å². The van der Waals surface area contributed by atoms with Gasteiger partial charge in [0, 0.05) is 44.3 Å². The number of methoxy groups -OCH3 is 1. The van der Waals surface area contributed by atoms with Gasteiger partial charge in [-0.3, -0.25) is 4.90 Å². The zero-order valence-electron chi connectivity index (χ0n) is 18.1. The number of carboxylic acids is 1. The first-order chi connectivity index (χ1) is 15.5. The van der Waals surface area contributed by atoms with Crippen LogP contribution >= 0.6 is 0 Å². The van der Waals surface area contributed by atoms with Crippen LogP contribution in [0.4, 0.5) is 11.6 Å². The molecule has 1 saturated heterocycles. The Balaban J connectivity index is 1.49. The molecule has 1 fully saturated rings. The number of ether oxygens (including phenoxy) is 3. The third-order valence-corrected chi connectivity index (χ3v) is 5.21. The zero-order chi connectivity index (χ0) is 22.5. The number of aromatic carboxylic acids is 1. The number of imidazole rings is 1. The van der Waals surface area contributed by atoms with Gasteiger partial charge in [0.05, 0.1) is 32.4 Å². The summed E-state index contributed by atoms with van der Waals surface area (Å²) in [5.74, 6) is 0.850. The van der Waals surface area contributed by atoms with Crippen molar-refractivity contribution in [3.63, 3.8) is 0 Å². The molecule has 0 atom stereocenters. The average Bonchev–Trinajstić information content (AvgIpc) is 3.17. The molecule has 0 aliphatic carbocycles. The van der Waals surface area contributed by atoms with Gasteiger partial charge in [-0.2, -0.15) is 0 Å². The molecule has 3 heterocycles. The van der Waals surface area contributed by atoms with Crippen molar-refractivity contribution in [3.05, 3.63) is 30.5 Å². The van der Waals surface area contributed by atoms with Crippen molar-refractivity contribution in [2.45, 2.75) is 6.42 Å². The highest BCUT2D eigenvalue weighted by Gasteiger charge is 2.16. The topological polar surface area (TPSA) is 124 Å². The fourth-order valence-corrected chi connectivity index (χ4v) is 3.58. The Morgan fingerprint density at radius 1 is 1.25 bits per heavy atom. The molecule has 170 valence electrons. The minimum Gasteiger partial charge on any atom is -0.493 e. The third-order valence-electron chi connectivity index (χ3n) is 5.21. The number of nitrogens with zero attached hydrogens (tertiary/aromatic N) is 5. The average molecular weight is 442 g/mol. The summed E-state index contributed by atoms with van der Waals surface area (Å²) in [5.41, 5.74) is 0.667. The number of hydrogen-bond donors (Lipinski definition) is 2. The Morgan fingerprint density at radius 3 is 2.78 bits per heavy atom. The Labute approximate surface area is 184 Å². The number of morpholine rings is 1. The van der Waals surface area contributed by atoms with Gasteiger partial charge in [0.15, 0.2) is 17.3 Å². The van der Waals surface area contributed by atoms with Crippen molar-refractivity contribution < 1.29 is 24.1 Å². The summed E-state index contributed by atoms with van der Waals surface area (Å²) in [5, 5.41) is 13.0. The van der Waals surface area contributed by atoms with Crippen molar-refractivity contribution in [2.75, 3.05) is 51.9 Å². The van der Waals surface area contributed by atoms with Gasteiger partial charge in [-0.25, -0.2) is 19.7 Å². The SMILES string of the molecule is COc1cc2c(Nc3cn(C)c(C(=O)O)n3)ncnc2cc1OCCCN1CCOCC1. The lowest BCUT2D eigenvalue weighted by Gasteiger charge is -2.26. The van der Waals surface area contributed by atoms with E-state index in [-0.39, 0.29) is 5.82 Å². The number of carboxylic acid groups (broad SMARTS) is 1. The first kappa shape index (κ1) is 21.8. The highest BCUT2D eigenvalue weighted by molar-refractivity contribution is 5.93. The van der Waals surface area contributed by atoms with E-state index in [2.05, 4.69) is 25.2 Å². The number of rotatable bonds is 9. The second-order valence-electron chi connectivity index (χ2n) is 7.39. The predicted octanol–water partition coefficient (Wildman–Crippen LogP) is 1.91. The molecule has 3 aromatic rings. The molecule has 2 N–H and O–H groups in total. The lowest BCUT2D eigenvalue weighted by atomic mass is 10.2. The summed E-state index contributed by atoms with van der Waals surface area (Å²) in [4.78, 5) is 26.3. The molecule has 1 aliphatic heterocycles. The lowest BCUT2D eigenvalue weighted by molar-refractivity contribution is 0.0357. The van der Waals surface area contributed by atoms with E-state index in [1.54, 1.807) is 26.4 Å². The second-order valence-corrected chi connectivity index (χ2v) is 7.39. The zero-order valence-corrected chi connectivity index (χ0v) is 18.1. The molecule has 0 spiro atoms. The van der Waals surface area contributed by atoms with Gasteiger partial charge in [-0.15, -0.1) is 0 Å². The number of fused-ring (bicyclic) bond motifs is 1. The molecule has 0 saturated carbocycles. The first-order valence-corrected chi connectivity index (χ1v) is 10.3. The molecule has 4 rings (SSSR count). The molecular formula is C21H26N6O5. The molecular weight excluding hydrogens is 416 g/mol. The van der Waals surface area contributed by atoms with Crippen LogP contribution in [0.25, 0.3) is 10.9 Å². The predicted molar refractivity (Wildman–Crippen MR) is 117 cm³/mol. The van der Waals surface area contributed by atoms with Crippen molar-refractivity contribution in [3.8, 4) is 11.5 Å². The van der Waals surface area contributed by atoms with Gasteiger partial charge in [-0.1, -0.05) is 0 Å². The van der Waals surface area contributed by atoms with Gasteiger partial charge in [0.25, 0.3) is 0 Å². The van der Waals surface area contributed by atoms with Crippen molar-refractivity contribution >= 4 is 28.5 Å². The molecule has 0 bridgehead atoms. The Bertz CT molecular complexity index is 1100. The molecule has 11 nitrogen and oxygen atoms in total. The molecule has 0 amide bonds. The van der Waals surface area contributed by atoms with Crippen LogP contribution in [0.5, 0.6) is 11.5 Å². The van der Waals surface area contributed by atoms with E-state index in [1.165, 1.54) is 10.9 Å². The summed E-state index contributed by atoms with van der Waals surface area (Å²) in [6.07, 6.45) is 3.91. The van der Waals surface area contributed by atoms with Crippen LogP contribution in [0.1, 0.15) is 17.0 Å². The van der Waals surface area contributed by atoms with Crippen LogP contribution in [0.3, 0.4) is 0 Å². The number of nitrogens with one attached hydrogen (secondary N) is 1. The van der Waals surface area contributed by atoms with Gasteiger partial charge < -0.3 is 29.2 Å². The van der Waals surface area contributed by atoms with Crippen LogP contribution in [0.2, 0.25) is 0 Å². The summed E-state index contributed by atoms with van der Waals surface area (Å²) in [7, 11) is 3.20. The smallest absolute Gasteiger partial charge is 0.372 e. The molecule has 2 aromatic heterocycles. The minimum absolute atomic E-state index is 0.0730. The summed E-state index contributed by atoms with van der Waals surface area (Å²) in [6.45, 7) is 4.99. The molecule has 11 heteroatoms. The summed E-state index contributed by atoms with van der Waals surface area (Å²) >= 11 is 0. The number of carbonyl (C=O) groups is 1. The second kappa shape index (κ2) is 9.79. The van der Waals surface area contributed by atoms with Gasteiger partial charge in [0.1, 0.15) is 12.1 Å². The number of aryl methyl sites for hydroxylation is 1. The summed E-state index contributed by atoms with van der Waals surface area (Å²) < 4.78 is 18.3. The quantitative estimate of drug-likeness (QED) is 0.475. The van der Waals surface area contributed by atoms with E-state index in [1.807, 2.05) is 6.07 Å². The minimum atomic E-state index is -1.11. The number of aromatic nitrogens is 4. The Morgan fingerprint density at radius 2 is 2.06 bits per heavy atom. The van der Waals surface area contributed by atoms with E-state index in [9.17, 15) is 9.90 Å². The highest BCUT2D eigenvalue weighted by atomic mass is 16.5. The molecule has 0 radical (unpaired) electrons. The van der Waals surface area contributed by atoms with Crippen LogP contribution in [-0.4, -0.2) is 82.1 Å². The van der Waals surface area contributed by atoms with Crippen LogP contribution in [0, 0.1) is 0 Å².